The lowest BCUT2D eigenvalue weighted by atomic mass is 9.97. The van der Waals surface area contributed by atoms with E-state index < -0.39 is 0 Å². The van der Waals surface area contributed by atoms with Crippen LogP contribution in [0.5, 0.6) is 0 Å². The monoisotopic (exact) mass is 233 g/mol. The second-order valence-corrected chi connectivity index (χ2v) is 4.53. The van der Waals surface area contributed by atoms with Gasteiger partial charge in [-0.3, -0.25) is 4.79 Å². The normalized spacial score (nSPS) is 12.9. The maximum Gasteiger partial charge on any atom is 0.165 e. The Hall–Kier alpha value is -1.64. The molecule has 17 heavy (non-hydrogen) atoms. The Kier molecular flexibility index (Phi) is 3.27. The topological polar surface area (TPSA) is 32.9 Å². The smallest absolute Gasteiger partial charge is 0.165 e. The van der Waals surface area contributed by atoms with Crippen LogP contribution in [0.4, 0.5) is 4.39 Å². The number of benzene rings is 1. The van der Waals surface area contributed by atoms with Gasteiger partial charge in [-0.15, -0.1) is 0 Å². The molecule has 0 aliphatic carbocycles. The van der Waals surface area contributed by atoms with E-state index in [1.807, 2.05) is 6.92 Å². The SMILES string of the molecule is CCC(C)CC(=O)c1c[nH]c2ccc(F)cc12. The van der Waals surface area contributed by atoms with Crippen molar-refractivity contribution in [1.29, 1.82) is 0 Å². The van der Waals surface area contributed by atoms with Gasteiger partial charge in [-0.2, -0.15) is 0 Å². The average molecular weight is 233 g/mol. The fraction of sp³-hybridized carbons (Fsp3) is 0.357. The molecule has 2 aromatic rings. The van der Waals surface area contributed by atoms with Gasteiger partial charge in [-0.05, 0) is 24.1 Å². The van der Waals surface area contributed by atoms with E-state index in [0.717, 1.165) is 11.9 Å². The molecule has 2 nitrogen and oxygen atoms in total. The molecule has 0 aliphatic heterocycles. The Morgan fingerprint density at radius 3 is 2.94 bits per heavy atom. The maximum atomic E-state index is 13.2. The fourth-order valence-electron chi connectivity index (χ4n) is 1.89. The Morgan fingerprint density at radius 2 is 2.24 bits per heavy atom. The number of carbonyl (C=O) groups excluding carboxylic acids is 1. The summed E-state index contributed by atoms with van der Waals surface area (Å²) in [4.78, 5) is 15.1. The summed E-state index contributed by atoms with van der Waals surface area (Å²) >= 11 is 0. The number of aromatic amines is 1. The summed E-state index contributed by atoms with van der Waals surface area (Å²) in [5.41, 5.74) is 1.40. The second-order valence-electron chi connectivity index (χ2n) is 4.53. The minimum atomic E-state index is -0.310. The van der Waals surface area contributed by atoms with Crippen molar-refractivity contribution in [2.45, 2.75) is 26.7 Å². The predicted molar refractivity (Wildman–Crippen MR) is 66.7 cm³/mol. The first-order valence-electron chi connectivity index (χ1n) is 5.91. The van der Waals surface area contributed by atoms with Crippen LogP contribution in [0.2, 0.25) is 0 Å². The number of aromatic nitrogens is 1. The third-order valence-corrected chi connectivity index (χ3v) is 3.17. The molecule has 1 atom stereocenters. The van der Waals surface area contributed by atoms with Gasteiger partial charge >= 0.3 is 0 Å². The highest BCUT2D eigenvalue weighted by Crippen LogP contribution is 2.22. The molecule has 1 unspecified atom stereocenters. The number of Topliss-reactive ketones (excluding diaryl/α,β-unsaturated/α-hetero) is 1. The van der Waals surface area contributed by atoms with Gasteiger partial charge in [0.05, 0.1) is 0 Å². The zero-order valence-electron chi connectivity index (χ0n) is 10.1. The van der Waals surface area contributed by atoms with E-state index in [0.29, 0.717) is 23.3 Å². The van der Waals surface area contributed by atoms with Crippen LogP contribution < -0.4 is 0 Å². The van der Waals surface area contributed by atoms with E-state index in [1.165, 1.54) is 12.1 Å². The summed E-state index contributed by atoms with van der Waals surface area (Å²) in [5.74, 6) is 0.131. The van der Waals surface area contributed by atoms with Gasteiger partial charge in [0, 0.05) is 29.1 Å². The molecule has 0 radical (unpaired) electrons. The van der Waals surface area contributed by atoms with Crippen LogP contribution in [0, 0.1) is 11.7 Å². The standard InChI is InChI=1S/C14H16FNO/c1-3-9(2)6-14(17)12-8-16-13-5-4-10(15)7-11(12)13/h4-5,7-9,16H,3,6H2,1-2H3. The van der Waals surface area contributed by atoms with E-state index in [4.69, 9.17) is 0 Å². The first kappa shape index (κ1) is 11.8. The van der Waals surface area contributed by atoms with Gasteiger partial charge in [0.1, 0.15) is 5.82 Å². The summed E-state index contributed by atoms with van der Waals surface area (Å²) in [7, 11) is 0. The number of H-pyrrole nitrogens is 1. The second kappa shape index (κ2) is 4.70. The molecular formula is C14H16FNO. The highest BCUT2D eigenvalue weighted by atomic mass is 19.1. The first-order valence-corrected chi connectivity index (χ1v) is 5.91. The molecule has 0 fully saturated rings. The highest BCUT2D eigenvalue weighted by molar-refractivity contribution is 6.07. The maximum absolute atomic E-state index is 13.2. The zero-order valence-corrected chi connectivity index (χ0v) is 10.1. The van der Waals surface area contributed by atoms with E-state index in [2.05, 4.69) is 11.9 Å². The molecule has 1 aromatic carbocycles. The van der Waals surface area contributed by atoms with E-state index in [1.54, 1.807) is 12.3 Å². The van der Waals surface area contributed by atoms with Crippen molar-refractivity contribution < 1.29 is 9.18 Å². The third-order valence-electron chi connectivity index (χ3n) is 3.17. The van der Waals surface area contributed by atoms with Crippen molar-refractivity contribution in [2.24, 2.45) is 5.92 Å². The Labute approximate surface area is 99.8 Å². The minimum absolute atomic E-state index is 0.0798. The van der Waals surface area contributed by atoms with Crippen LogP contribution in [0.1, 0.15) is 37.0 Å². The van der Waals surface area contributed by atoms with Crippen LogP contribution in [-0.4, -0.2) is 10.8 Å². The number of ketones is 1. The van der Waals surface area contributed by atoms with Gasteiger partial charge in [-0.1, -0.05) is 20.3 Å². The lowest BCUT2D eigenvalue weighted by molar-refractivity contribution is 0.0965. The van der Waals surface area contributed by atoms with Crippen molar-refractivity contribution in [1.82, 2.24) is 4.98 Å². The van der Waals surface area contributed by atoms with E-state index in [9.17, 15) is 9.18 Å². The molecule has 90 valence electrons. The van der Waals surface area contributed by atoms with E-state index >= 15 is 0 Å². The van der Waals surface area contributed by atoms with Gasteiger partial charge in [0.15, 0.2) is 5.78 Å². The summed E-state index contributed by atoms with van der Waals surface area (Å²) in [6.07, 6.45) is 3.16. The van der Waals surface area contributed by atoms with Gasteiger partial charge in [0.25, 0.3) is 0 Å². The van der Waals surface area contributed by atoms with Crippen molar-refractivity contribution in [3.63, 3.8) is 0 Å². The summed E-state index contributed by atoms with van der Waals surface area (Å²) in [5, 5.41) is 0.679. The molecule has 1 aromatic heterocycles. The highest BCUT2D eigenvalue weighted by Gasteiger charge is 2.14. The molecule has 0 spiro atoms. The van der Waals surface area contributed by atoms with Crippen LogP contribution >= 0.6 is 0 Å². The molecule has 3 heteroatoms. The number of fused-ring (bicyclic) bond motifs is 1. The Morgan fingerprint density at radius 1 is 1.47 bits per heavy atom. The molecule has 1 N–H and O–H groups in total. The van der Waals surface area contributed by atoms with E-state index in [-0.39, 0.29) is 11.6 Å². The summed E-state index contributed by atoms with van der Waals surface area (Å²) in [6.45, 7) is 4.11. The summed E-state index contributed by atoms with van der Waals surface area (Å²) < 4.78 is 13.2. The van der Waals surface area contributed by atoms with Crippen LogP contribution in [0.15, 0.2) is 24.4 Å². The van der Waals surface area contributed by atoms with Gasteiger partial charge < -0.3 is 4.98 Å². The lowest BCUT2D eigenvalue weighted by Gasteiger charge is -2.06. The van der Waals surface area contributed by atoms with Gasteiger partial charge in [0.2, 0.25) is 0 Å². The summed E-state index contributed by atoms with van der Waals surface area (Å²) in [6, 6.07) is 4.46. The average Bonchev–Trinajstić information content (AvgIpc) is 2.71. The molecule has 2 rings (SSSR count). The Bertz CT molecular complexity index is 544. The molecule has 0 saturated carbocycles. The van der Waals surface area contributed by atoms with Crippen molar-refractivity contribution in [3.05, 3.63) is 35.8 Å². The molecular weight excluding hydrogens is 217 g/mol. The molecule has 1 heterocycles. The van der Waals surface area contributed by atoms with Crippen LogP contribution in [0.3, 0.4) is 0 Å². The zero-order chi connectivity index (χ0) is 12.4. The van der Waals surface area contributed by atoms with Crippen LogP contribution in [0.25, 0.3) is 10.9 Å². The lowest BCUT2D eigenvalue weighted by Crippen LogP contribution is -2.04. The first-order chi connectivity index (χ1) is 8.11. The fourth-order valence-corrected chi connectivity index (χ4v) is 1.89. The van der Waals surface area contributed by atoms with Crippen LogP contribution in [-0.2, 0) is 0 Å². The van der Waals surface area contributed by atoms with Crippen molar-refractivity contribution >= 4 is 16.7 Å². The molecule has 0 bridgehead atoms. The van der Waals surface area contributed by atoms with Gasteiger partial charge in [-0.25, -0.2) is 4.39 Å². The number of hydrogen-bond acceptors (Lipinski definition) is 1. The van der Waals surface area contributed by atoms with Crippen molar-refractivity contribution in [2.75, 3.05) is 0 Å². The number of nitrogens with one attached hydrogen (secondary N) is 1. The molecule has 0 aliphatic rings. The number of carbonyl (C=O) groups is 1. The quantitative estimate of drug-likeness (QED) is 0.797. The number of halogens is 1. The Balaban J connectivity index is 2.35. The third kappa shape index (κ3) is 2.38. The largest absolute Gasteiger partial charge is 0.360 e. The molecule has 0 amide bonds. The predicted octanol–water partition coefficient (Wildman–Crippen LogP) is 3.93. The number of rotatable bonds is 4. The van der Waals surface area contributed by atoms with Crippen molar-refractivity contribution in [3.8, 4) is 0 Å². The molecule has 0 saturated heterocycles. The minimum Gasteiger partial charge on any atom is -0.360 e. The number of hydrogen-bond donors (Lipinski definition) is 1.